The number of ether oxygens (including phenoxy) is 18. The summed E-state index contributed by atoms with van der Waals surface area (Å²) in [6.07, 6.45) is 0. The molecule has 0 atom stereocenters. The molecule has 1 N–H and O–H groups in total. The molecule has 0 saturated carbocycles. The number of rotatable bonds is 54. The van der Waals surface area contributed by atoms with Gasteiger partial charge in [-0.1, -0.05) is 30.3 Å². The Morgan fingerprint density at radius 3 is 0.692 bits per heavy atom. The maximum Gasteiger partial charge on any atom is 0.120 e. The zero-order valence-electron chi connectivity index (χ0n) is 38.8. The molecule has 0 fully saturated rings. The van der Waals surface area contributed by atoms with Gasteiger partial charge in [-0.05, 0) is 22.9 Å². The van der Waals surface area contributed by atoms with E-state index in [-0.39, 0.29) is 6.61 Å². The lowest BCUT2D eigenvalue weighted by Gasteiger charge is -2.09. The molecule has 0 bridgehead atoms. The third-order valence-corrected chi connectivity index (χ3v) is 8.41. The Kier molecular flexibility index (Phi) is 45.0. The molecule has 2 aromatic carbocycles. The second kappa shape index (κ2) is 49.7. The fraction of sp³-hybridized carbons (Fsp3) is 0.783. The van der Waals surface area contributed by atoms with E-state index in [1.165, 1.54) is 5.39 Å². The lowest BCUT2D eigenvalue weighted by atomic mass is 10.1. The molecule has 378 valence electrons. The Morgan fingerprint density at radius 2 is 0.446 bits per heavy atom. The van der Waals surface area contributed by atoms with Gasteiger partial charge in [-0.2, -0.15) is 0 Å². The maximum absolute atomic E-state index is 8.60. The second-order valence-corrected chi connectivity index (χ2v) is 13.5. The number of hydrogen-bond acceptors (Lipinski definition) is 19. The molecule has 65 heavy (non-hydrogen) atoms. The molecular formula is C46H80O19. The summed E-state index contributed by atoms with van der Waals surface area (Å²) in [5.74, 6) is 0.841. The highest BCUT2D eigenvalue weighted by Gasteiger charge is 2.00. The minimum Gasteiger partial charge on any atom is -0.491 e. The van der Waals surface area contributed by atoms with E-state index in [4.69, 9.17) is 90.4 Å². The van der Waals surface area contributed by atoms with Crippen molar-refractivity contribution in [2.45, 2.75) is 0 Å². The van der Waals surface area contributed by atoms with E-state index in [0.29, 0.717) is 231 Å². The Labute approximate surface area is 386 Å². The van der Waals surface area contributed by atoms with E-state index >= 15 is 0 Å². The Balaban J connectivity index is 1.11. The normalized spacial score (nSPS) is 11.6. The molecule has 0 saturated heterocycles. The maximum atomic E-state index is 8.60. The van der Waals surface area contributed by atoms with Crippen molar-refractivity contribution in [3.63, 3.8) is 0 Å². The zero-order chi connectivity index (χ0) is 45.9. The number of fused-ring (bicyclic) bond motifs is 1. The second-order valence-electron chi connectivity index (χ2n) is 13.5. The molecule has 0 spiro atoms. The fourth-order valence-corrected chi connectivity index (χ4v) is 5.16. The third kappa shape index (κ3) is 41.7. The van der Waals surface area contributed by atoms with Gasteiger partial charge in [0.25, 0.3) is 0 Å². The molecule has 0 heterocycles. The van der Waals surface area contributed by atoms with Crippen LogP contribution in [0.25, 0.3) is 10.8 Å². The van der Waals surface area contributed by atoms with Gasteiger partial charge in [0.1, 0.15) is 12.4 Å². The van der Waals surface area contributed by atoms with E-state index in [1.807, 2.05) is 24.3 Å². The lowest BCUT2D eigenvalue weighted by Crippen LogP contribution is -2.16. The van der Waals surface area contributed by atoms with Gasteiger partial charge in [-0.25, -0.2) is 0 Å². The molecule has 0 aliphatic heterocycles. The quantitative estimate of drug-likeness (QED) is 0.0953. The highest BCUT2D eigenvalue weighted by Crippen LogP contribution is 2.20. The van der Waals surface area contributed by atoms with E-state index in [0.717, 1.165) is 11.1 Å². The molecule has 0 unspecified atom stereocenters. The Bertz CT molecular complexity index is 1230. The van der Waals surface area contributed by atoms with E-state index in [9.17, 15) is 0 Å². The monoisotopic (exact) mass is 937 g/mol. The molecule has 0 aliphatic rings. The molecule has 19 nitrogen and oxygen atoms in total. The average Bonchev–Trinajstić information content (AvgIpc) is 3.33. The minimum absolute atomic E-state index is 0.0203. The number of aliphatic hydroxyl groups excluding tert-OH is 1. The van der Waals surface area contributed by atoms with Crippen LogP contribution in [-0.2, 0) is 80.5 Å². The van der Waals surface area contributed by atoms with Crippen LogP contribution < -0.4 is 4.74 Å². The Morgan fingerprint density at radius 1 is 0.231 bits per heavy atom. The number of benzene rings is 2. The SMILES string of the molecule is OCCOCCOCCOCCOCCOCCOCCOCCOCCOCCOCCOCCOCCOCCOCCOCCOCCOCCOc1ccc2ccccc2c1. The van der Waals surface area contributed by atoms with Crippen LogP contribution in [0.3, 0.4) is 0 Å². The van der Waals surface area contributed by atoms with Crippen LogP contribution in [0, 0.1) is 0 Å². The summed E-state index contributed by atoms with van der Waals surface area (Å²) in [7, 11) is 0. The highest BCUT2D eigenvalue weighted by molar-refractivity contribution is 5.83. The van der Waals surface area contributed by atoms with Crippen LogP contribution in [0.2, 0.25) is 0 Å². The van der Waals surface area contributed by atoms with Crippen molar-refractivity contribution < 1.29 is 90.4 Å². The van der Waals surface area contributed by atoms with Crippen LogP contribution >= 0.6 is 0 Å². The van der Waals surface area contributed by atoms with Crippen LogP contribution in [0.5, 0.6) is 5.75 Å². The predicted molar refractivity (Wildman–Crippen MR) is 240 cm³/mol. The average molecular weight is 937 g/mol. The van der Waals surface area contributed by atoms with Crippen LogP contribution in [-0.4, -0.2) is 243 Å². The van der Waals surface area contributed by atoms with Gasteiger partial charge in [-0.15, -0.1) is 0 Å². The topological polar surface area (TPSA) is 186 Å². The molecule has 19 heteroatoms. The summed E-state index contributed by atoms with van der Waals surface area (Å²) >= 11 is 0. The van der Waals surface area contributed by atoms with Crippen molar-refractivity contribution in [3.05, 3.63) is 42.5 Å². The van der Waals surface area contributed by atoms with Crippen LogP contribution in [0.15, 0.2) is 42.5 Å². The van der Waals surface area contributed by atoms with E-state index in [1.54, 1.807) is 0 Å². The standard InChI is InChI=1S/C46H80O19/c47-7-8-48-9-10-49-11-12-50-13-14-51-15-16-52-17-18-53-19-20-54-21-22-55-23-24-56-25-26-57-27-28-58-29-30-59-31-32-60-33-34-61-35-36-62-37-38-63-39-40-64-41-42-65-46-6-5-44-3-1-2-4-45(44)43-46/h1-6,43,47H,7-42H2. The molecule has 0 radical (unpaired) electrons. The van der Waals surface area contributed by atoms with Crippen LogP contribution in [0.1, 0.15) is 0 Å². The third-order valence-electron chi connectivity index (χ3n) is 8.41. The number of hydrogen-bond donors (Lipinski definition) is 1. The first kappa shape index (κ1) is 58.9. The molecule has 2 aromatic rings. The first-order valence-electron chi connectivity index (χ1n) is 22.9. The summed E-state index contributed by atoms with van der Waals surface area (Å²) < 4.78 is 98.7. The van der Waals surface area contributed by atoms with Gasteiger partial charge in [0, 0.05) is 0 Å². The fourth-order valence-electron chi connectivity index (χ4n) is 5.16. The summed E-state index contributed by atoms with van der Waals surface area (Å²) in [6.45, 7) is 17.2. The largest absolute Gasteiger partial charge is 0.491 e. The van der Waals surface area contributed by atoms with E-state index < -0.39 is 0 Å². The molecular weight excluding hydrogens is 856 g/mol. The van der Waals surface area contributed by atoms with Gasteiger partial charge in [0.15, 0.2) is 0 Å². The lowest BCUT2D eigenvalue weighted by molar-refractivity contribution is -0.0309. The van der Waals surface area contributed by atoms with E-state index in [2.05, 4.69) is 18.2 Å². The van der Waals surface area contributed by atoms with Crippen molar-refractivity contribution >= 4 is 10.8 Å². The first-order chi connectivity index (χ1) is 32.4. The molecule has 2 rings (SSSR count). The number of aliphatic hydroxyl groups is 1. The van der Waals surface area contributed by atoms with Gasteiger partial charge < -0.3 is 90.4 Å². The summed E-state index contributed by atoms with van der Waals surface area (Å²) in [4.78, 5) is 0. The Hall–Kier alpha value is -2.22. The van der Waals surface area contributed by atoms with Gasteiger partial charge in [-0.3, -0.25) is 0 Å². The van der Waals surface area contributed by atoms with Gasteiger partial charge in [0.2, 0.25) is 0 Å². The van der Waals surface area contributed by atoms with Crippen LogP contribution in [0.4, 0.5) is 0 Å². The first-order valence-corrected chi connectivity index (χ1v) is 22.9. The molecule has 0 amide bonds. The predicted octanol–water partition coefficient (Wildman–Crippen LogP) is 2.49. The van der Waals surface area contributed by atoms with Crippen molar-refractivity contribution in [1.29, 1.82) is 0 Å². The summed E-state index contributed by atoms with van der Waals surface area (Å²) in [5.41, 5.74) is 0. The molecule has 0 aromatic heterocycles. The summed E-state index contributed by atoms with van der Waals surface area (Å²) in [6, 6.07) is 14.3. The van der Waals surface area contributed by atoms with Gasteiger partial charge >= 0.3 is 0 Å². The smallest absolute Gasteiger partial charge is 0.120 e. The summed E-state index contributed by atoms with van der Waals surface area (Å²) in [5, 5.41) is 11.0. The van der Waals surface area contributed by atoms with Crippen molar-refractivity contribution in [3.8, 4) is 5.75 Å². The van der Waals surface area contributed by atoms with Crippen molar-refractivity contribution in [2.75, 3.05) is 238 Å². The van der Waals surface area contributed by atoms with Crippen molar-refractivity contribution in [1.82, 2.24) is 0 Å². The highest BCUT2D eigenvalue weighted by atomic mass is 16.6. The minimum atomic E-state index is 0.0203. The molecule has 0 aliphatic carbocycles. The van der Waals surface area contributed by atoms with Gasteiger partial charge in [0.05, 0.1) is 231 Å². The van der Waals surface area contributed by atoms with Crippen molar-refractivity contribution in [2.24, 2.45) is 0 Å². The zero-order valence-corrected chi connectivity index (χ0v) is 38.8.